The van der Waals surface area contributed by atoms with Crippen molar-refractivity contribution in [3.63, 3.8) is 0 Å². The van der Waals surface area contributed by atoms with Gasteiger partial charge in [-0.1, -0.05) is 37.3 Å². The molecule has 0 fully saturated rings. The van der Waals surface area contributed by atoms with Crippen molar-refractivity contribution >= 4 is 5.96 Å². The molecule has 1 aromatic rings. The topological polar surface area (TPSA) is 41.6 Å². The van der Waals surface area contributed by atoms with Crippen LogP contribution in [-0.2, 0) is 6.42 Å². The van der Waals surface area contributed by atoms with Crippen LogP contribution in [0.15, 0.2) is 35.3 Å². The van der Waals surface area contributed by atoms with Gasteiger partial charge in [-0.2, -0.15) is 0 Å². The monoisotopic (exact) mass is 217 g/mol. The Bertz CT molecular complexity index is 359. The molecular formula is C13H19N3. The molecule has 1 atom stereocenters. The van der Waals surface area contributed by atoms with Gasteiger partial charge in [0.15, 0.2) is 5.96 Å². The molecule has 2 N–H and O–H groups in total. The molecule has 3 heteroatoms. The Morgan fingerprint density at radius 2 is 2.12 bits per heavy atom. The van der Waals surface area contributed by atoms with Gasteiger partial charge in [0.25, 0.3) is 0 Å². The summed E-state index contributed by atoms with van der Waals surface area (Å²) < 4.78 is 0. The van der Waals surface area contributed by atoms with Crippen LogP contribution in [0.5, 0.6) is 0 Å². The van der Waals surface area contributed by atoms with Crippen LogP contribution in [-0.4, -0.2) is 30.0 Å². The molecule has 0 radical (unpaired) electrons. The number of rotatable bonds is 4. The largest absolute Gasteiger partial charge is 0.370 e. The van der Waals surface area contributed by atoms with Crippen LogP contribution in [0.2, 0.25) is 0 Å². The van der Waals surface area contributed by atoms with Gasteiger partial charge in [0, 0.05) is 6.54 Å². The lowest BCUT2D eigenvalue weighted by Gasteiger charge is -2.25. The highest BCUT2D eigenvalue weighted by molar-refractivity contribution is 5.80. The molecule has 1 aromatic carbocycles. The zero-order chi connectivity index (χ0) is 11.4. The Balaban J connectivity index is 2.00. The zero-order valence-corrected chi connectivity index (χ0v) is 9.76. The van der Waals surface area contributed by atoms with Gasteiger partial charge in [0.05, 0.1) is 12.6 Å². The molecule has 0 aliphatic carbocycles. The lowest BCUT2D eigenvalue weighted by Crippen LogP contribution is -2.42. The van der Waals surface area contributed by atoms with Crippen molar-refractivity contribution in [2.75, 3.05) is 13.1 Å². The van der Waals surface area contributed by atoms with Gasteiger partial charge in [0.2, 0.25) is 0 Å². The molecule has 86 valence electrons. The summed E-state index contributed by atoms with van der Waals surface area (Å²) >= 11 is 0. The average molecular weight is 217 g/mol. The molecule has 16 heavy (non-hydrogen) atoms. The van der Waals surface area contributed by atoms with E-state index in [1.54, 1.807) is 0 Å². The molecule has 0 aromatic heterocycles. The van der Waals surface area contributed by atoms with E-state index in [9.17, 15) is 0 Å². The van der Waals surface area contributed by atoms with Crippen LogP contribution in [0, 0.1) is 0 Å². The highest BCUT2D eigenvalue weighted by atomic mass is 15.3. The third-order valence-electron chi connectivity index (χ3n) is 2.98. The molecule has 0 bridgehead atoms. The summed E-state index contributed by atoms with van der Waals surface area (Å²) in [6, 6.07) is 11.0. The Labute approximate surface area is 97.0 Å². The highest BCUT2D eigenvalue weighted by Gasteiger charge is 2.24. The quantitative estimate of drug-likeness (QED) is 0.833. The van der Waals surface area contributed by atoms with Crippen molar-refractivity contribution in [1.29, 1.82) is 0 Å². The van der Waals surface area contributed by atoms with E-state index >= 15 is 0 Å². The molecule has 0 spiro atoms. The summed E-state index contributed by atoms with van der Waals surface area (Å²) in [6.45, 7) is 4.01. The van der Waals surface area contributed by atoms with Gasteiger partial charge in [-0.25, -0.2) is 0 Å². The van der Waals surface area contributed by atoms with E-state index in [2.05, 4.69) is 41.1 Å². The SMILES string of the molecule is CCCN1C(N)=NCC1Cc1ccccc1. The lowest BCUT2D eigenvalue weighted by molar-refractivity contribution is 0.338. The summed E-state index contributed by atoms with van der Waals surface area (Å²) in [6.07, 6.45) is 2.15. The summed E-state index contributed by atoms with van der Waals surface area (Å²) in [5.74, 6) is 0.711. The first-order chi connectivity index (χ1) is 7.81. The minimum Gasteiger partial charge on any atom is -0.370 e. The Morgan fingerprint density at radius 3 is 2.81 bits per heavy atom. The molecule has 3 nitrogen and oxygen atoms in total. The standard InChI is InChI=1S/C13H19N3/c1-2-8-16-12(10-15-13(16)14)9-11-6-4-3-5-7-11/h3-7,12H,2,8-10H2,1H3,(H2,14,15). The van der Waals surface area contributed by atoms with E-state index in [0.717, 1.165) is 25.9 Å². The van der Waals surface area contributed by atoms with Gasteiger partial charge in [-0.05, 0) is 18.4 Å². The van der Waals surface area contributed by atoms with Crippen LogP contribution >= 0.6 is 0 Å². The summed E-state index contributed by atoms with van der Waals surface area (Å²) in [5.41, 5.74) is 7.24. The maximum Gasteiger partial charge on any atom is 0.191 e. The molecule has 2 rings (SSSR count). The average Bonchev–Trinajstić information content (AvgIpc) is 2.64. The highest BCUT2D eigenvalue weighted by Crippen LogP contribution is 2.14. The first kappa shape index (κ1) is 11.0. The first-order valence-corrected chi connectivity index (χ1v) is 5.91. The summed E-state index contributed by atoms with van der Waals surface area (Å²) in [4.78, 5) is 6.56. The van der Waals surface area contributed by atoms with Crippen molar-refractivity contribution in [1.82, 2.24) is 4.90 Å². The smallest absolute Gasteiger partial charge is 0.191 e. The second-order valence-corrected chi connectivity index (χ2v) is 4.24. The van der Waals surface area contributed by atoms with Crippen molar-refractivity contribution in [3.8, 4) is 0 Å². The molecule has 1 unspecified atom stereocenters. The molecule has 0 amide bonds. The van der Waals surface area contributed by atoms with Crippen LogP contribution < -0.4 is 5.73 Å². The van der Waals surface area contributed by atoms with E-state index < -0.39 is 0 Å². The molecule has 0 saturated carbocycles. The van der Waals surface area contributed by atoms with E-state index in [1.807, 2.05) is 6.07 Å². The maximum absolute atomic E-state index is 5.89. The number of nitrogens with zero attached hydrogens (tertiary/aromatic N) is 2. The van der Waals surface area contributed by atoms with Crippen LogP contribution in [0.4, 0.5) is 0 Å². The zero-order valence-electron chi connectivity index (χ0n) is 9.76. The van der Waals surface area contributed by atoms with Crippen LogP contribution in [0.25, 0.3) is 0 Å². The van der Waals surface area contributed by atoms with E-state index in [0.29, 0.717) is 12.0 Å². The third kappa shape index (κ3) is 2.35. The Hall–Kier alpha value is -1.51. The van der Waals surface area contributed by atoms with E-state index in [1.165, 1.54) is 5.56 Å². The van der Waals surface area contributed by atoms with Crippen molar-refractivity contribution in [2.45, 2.75) is 25.8 Å². The maximum atomic E-state index is 5.89. The van der Waals surface area contributed by atoms with Crippen LogP contribution in [0.1, 0.15) is 18.9 Å². The second-order valence-electron chi connectivity index (χ2n) is 4.24. The fourth-order valence-corrected chi connectivity index (χ4v) is 2.17. The molecular weight excluding hydrogens is 198 g/mol. The number of hydrogen-bond acceptors (Lipinski definition) is 3. The predicted octanol–water partition coefficient (Wildman–Crippen LogP) is 1.64. The fourth-order valence-electron chi connectivity index (χ4n) is 2.17. The second kappa shape index (κ2) is 5.01. The lowest BCUT2D eigenvalue weighted by atomic mass is 10.1. The number of guanidine groups is 1. The molecule has 1 aliphatic rings. The Kier molecular flexibility index (Phi) is 3.44. The molecule has 1 aliphatic heterocycles. The Morgan fingerprint density at radius 1 is 1.38 bits per heavy atom. The first-order valence-electron chi connectivity index (χ1n) is 5.91. The van der Waals surface area contributed by atoms with E-state index in [4.69, 9.17) is 5.73 Å². The normalized spacial score (nSPS) is 19.9. The van der Waals surface area contributed by atoms with Crippen molar-refractivity contribution < 1.29 is 0 Å². The van der Waals surface area contributed by atoms with Gasteiger partial charge < -0.3 is 10.6 Å². The van der Waals surface area contributed by atoms with Gasteiger partial charge >= 0.3 is 0 Å². The van der Waals surface area contributed by atoms with Crippen molar-refractivity contribution in [2.24, 2.45) is 10.7 Å². The number of benzene rings is 1. The summed E-state index contributed by atoms with van der Waals surface area (Å²) in [7, 11) is 0. The molecule has 1 heterocycles. The third-order valence-corrected chi connectivity index (χ3v) is 2.98. The number of nitrogens with two attached hydrogens (primary N) is 1. The van der Waals surface area contributed by atoms with Gasteiger partial charge in [0.1, 0.15) is 0 Å². The number of aliphatic imine (C=N–C) groups is 1. The van der Waals surface area contributed by atoms with Gasteiger partial charge in [-0.15, -0.1) is 0 Å². The van der Waals surface area contributed by atoms with Gasteiger partial charge in [-0.3, -0.25) is 4.99 Å². The minimum absolute atomic E-state index is 0.447. The summed E-state index contributed by atoms with van der Waals surface area (Å²) in [5, 5.41) is 0. The van der Waals surface area contributed by atoms with Crippen molar-refractivity contribution in [3.05, 3.63) is 35.9 Å². The molecule has 0 saturated heterocycles. The fraction of sp³-hybridized carbons (Fsp3) is 0.462. The predicted molar refractivity (Wildman–Crippen MR) is 67.4 cm³/mol. The minimum atomic E-state index is 0.447. The van der Waals surface area contributed by atoms with Crippen LogP contribution in [0.3, 0.4) is 0 Å². The number of hydrogen-bond donors (Lipinski definition) is 1. The van der Waals surface area contributed by atoms with E-state index in [-0.39, 0.29) is 0 Å².